The number of nitrogens with one attached hydrogen (secondary N) is 1. The Bertz CT molecular complexity index is 832. The van der Waals surface area contributed by atoms with Crippen LogP contribution in [0.4, 0.5) is 0 Å². The summed E-state index contributed by atoms with van der Waals surface area (Å²) in [5, 5.41) is 3.17. The Balaban J connectivity index is 1.98. The number of fused-ring (bicyclic) bond motifs is 1. The Kier molecular flexibility index (Phi) is 6.01. The molecule has 0 amide bonds. The van der Waals surface area contributed by atoms with Gasteiger partial charge in [0.25, 0.3) is 0 Å². The lowest BCUT2D eigenvalue weighted by Gasteiger charge is -2.32. The number of Topliss-reactive ketones (excluding diaryl/α,β-unsaturated/α-hetero) is 1. The van der Waals surface area contributed by atoms with Gasteiger partial charge in [-0.3, -0.25) is 10.1 Å². The Morgan fingerprint density at radius 2 is 1.86 bits per heavy atom. The van der Waals surface area contributed by atoms with Crippen molar-refractivity contribution >= 4 is 24.3 Å². The number of ether oxygens (including phenoxy) is 2. The van der Waals surface area contributed by atoms with Gasteiger partial charge in [0.05, 0.1) is 30.6 Å². The van der Waals surface area contributed by atoms with E-state index in [1.54, 1.807) is 26.2 Å². The predicted octanol–water partition coefficient (Wildman–Crippen LogP) is 1.91. The second-order valence-electron chi connectivity index (χ2n) is 8.18. The van der Waals surface area contributed by atoms with Crippen LogP contribution in [-0.4, -0.2) is 50.5 Å². The van der Waals surface area contributed by atoms with Crippen molar-refractivity contribution in [2.75, 3.05) is 20.4 Å². The van der Waals surface area contributed by atoms with E-state index in [-0.39, 0.29) is 30.7 Å². The van der Waals surface area contributed by atoms with E-state index in [0.717, 1.165) is 11.0 Å². The molecular weight excluding hydrogens is 373 g/mol. The molecule has 156 valence electrons. The maximum atomic E-state index is 13.1. The van der Waals surface area contributed by atoms with Gasteiger partial charge in [-0.05, 0) is 51.7 Å². The van der Waals surface area contributed by atoms with Gasteiger partial charge in [-0.25, -0.2) is 4.79 Å². The van der Waals surface area contributed by atoms with Crippen LogP contribution in [0.15, 0.2) is 29.8 Å². The van der Waals surface area contributed by atoms with Crippen LogP contribution < -0.4 is 10.8 Å². The molecule has 1 fully saturated rings. The molecule has 0 spiro atoms. The smallest absolute Gasteiger partial charge is 0.462 e. The minimum absolute atomic E-state index is 0.0130. The maximum absolute atomic E-state index is 13.1. The lowest BCUT2D eigenvalue weighted by molar-refractivity contribution is -0.138. The van der Waals surface area contributed by atoms with Gasteiger partial charge in [0.1, 0.15) is 5.57 Å². The van der Waals surface area contributed by atoms with Gasteiger partial charge in [0.2, 0.25) is 0 Å². The quantitative estimate of drug-likeness (QED) is 0.337. The Hall–Kier alpha value is -2.00. The van der Waals surface area contributed by atoms with Crippen molar-refractivity contribution in [2.24, 2.45) is 0 Å². The fourth-order valence-corrected chi connectivity index (χ4v) is 3.36. The number of esters is 1. The first kappa shape index (κ1) is 21.7. The van der Waals surface area contributed by atoms with E-state index < -0.39 is 24.3 Å². The highest BCUT2D eigenvalue weighted by Crippen LogP contribution is 2.37. The fourth-order valence-electron chi connectivity index (χ4n) is 3.36. The zero-order valence-corrected chi connectivity index (χ0v) is 17.8. The molecule has 1 aromatic carbocycles. The highest BCUT2D eigenvalue weighted by Gasteiger charge is 2.52. The van der Waals surface area contributed by atoms with Crippen molar-refractivity contribution in [1.29, 1.82) is 0 Å². The zero-order valence-electron chi connectivity index (χ0n) is 17.8. The van der Waals surface area contributed by atoms with Gasteiger partial charge < -0.3 is 18.8 Å². The molecule has 8 heteroatoms. The van der Waals surface area contributed by atoms with E-state index in [1.165, 1.54) is 0 Å². The number of hydrogen-bond donors (Lipinski definition) is 1. The van der Waals surface area contributed by atoms with E-state index in [9.17, 15) is 9.59 Å². The number of carbonyl (C=O) groups excluding carboxylic acids is 2. The molecular formula is C21H28BNO6. The standard InChI is InChI=1S/C21H28BNO6/c1-7-27-19(25)16-11-17(23-12-26-6)14-9-8-13(10-15(14)18(16)24)22-28-20(2,3)21(4,5)29-22/h8-11,17,23H,7,12H2,1-6H3. The molecule has 29 heavy (non-hydrogen) atoms. The summed E-state index contributed by atoms with van der Waals surface area (Å²) >= 11 is 0. The van der Waals surface area contributed by atoms with Crippen LogP contribution in [0.2, 0.25) is 0 Å². The number of carbonyl (C=O) groups is 2. The first-order chi connectivity index (χ1) is 13.6. The average molecular weight is 401 g/mol. The summed E-state index contributed by atoms with van der Waals surface area (Å²) in [6, 6.07) is 5.14. The zero-order chi connectivity index (χ0) is 21.4. The summed E-state index contributed by atoms with van der Waals surface area (Å²) in [7, 11) is 0.972. The first-order valence-electron chi connectivity index (χ1n) is 9.76. The van der Waals surface area contributed by atoms with Gasteiger partial charge >= 0.3 is 13.1 Å². The summed E-state index contributed by atoms with van der Waals surface area (Å²) in [5.41, 5.74) is 0.953. The van der Waals surface area contributed by atoms with E-state index in [1.807, 2.05) is 39.8 Å². The van der Waals surface area contributed by atoms with Gasteiger partial charge in [-0.1, -0.05) is 18.2 Å². The molecule has 1 aliphatic carbocycles. The van der Waals surface area contributed by atoms with Crippen molar-refractivity contribution in [2.45, 2.75) is 51.9 Å². The first-order valence-corrected chi connectivity index (χ1v) is 9.76. The summed E-state index contributed by atoms with van der Waals surface area (Å²) in [6.45, 7) is 10.1. The molecule has 1 aliphatic heterocycles. The molecule has 0 aromatic heterocycles. The molecule has 1 heterocycles. The van der Waals surface area contributed by atoms with E-state index in [2.05, 4.69) is 5.32 Å². The van der Waals surface area contributed by atoms with Crippen LogP contribution in [0, 0.1) is 0 Å². The topological polar surface area (TPSA) is 83.1 Å². The summed E-state index contributed by atoms with van der Waals surface area (Å²) in [6.07, 6.45) is 1.59. The molecule has 1 aromatic rings. The highest BCUT2D eigenvalue weighted by atomic mass is 16.7. The highest BCUT2D eigenvalue weighted by molar-refractivity contribution is 6.62. The molecule has 0 saturated carbocycles. The number of methoxy groups -OCH3 is 1. The van der Waals surface area contributed by atoms with Crippen molar-refractivity contribution in [1.82, 2.24) is 5.32 Å². The molecule has 1 atom stereocenters. The van der Waals surface area contributed by atoms with Crippen molar-refractivity contribution < 1.29 is 28.4 Å². The third-order valence-corrected chi connectivity index (χ3v) is 5.70. The fraction of sp³-hybridized carbons (Fsp3) is 0.524. The molecule has 0 radical (unpaired) electrons. The van der Waals surface area contributed by atoms with Crippen molar-refractivity contribution in [3.05, 3.63) is 41.0 Å². The second-order valence-corrected chi connectivity index (χ2v) is 8.18. The van der Waals surface area contributed by atoms with Crippen LogP contribution in [-0.2, 0) is 23.6 Å². The summed E-state index contributed by atoms with van der Waals surface area (Å²) < 4.78 is 22.4. The minimum atomic E-state index is -0.631. The van der Waals surface area contributed by atoms with E-state index in [0.29, 0.717) is 5.56 Å². The summed E-state index contributed by atoms with van der Waals surface area (Å²) in [4.78, 5) is 25.4. The Morgan fingerprint density at radius 3 is 2.45 bits per heavy atom. The van der Waals surface area contributed by atoms with Crippen LogP contribution >= 0.6 is 0 Å². The average Bonchev–Trinajstić information content (AvgIpc) is 2.88. The second kappa shape index (κ2) is 8.03. The summed E-state index contributed by atoms with van der Waals surface area (Å²) in [5.74, 6) is -0.999. The van der Waals surface area contributed by atoms with Gasteiger partial charge in [-0.2, -0.15) is 0 Å². The molecule has 0 bridgehead atoms. The Morgan fingerprint density at radius 1 is 1.21 bits per heavy atom. The van der Waals surface area contributed by atoms with Gasteiger partial charge in [-0.15, -0.1) is 0 Å². The van der Waals surface area contributed by atoms with Crippen molar-refractivity contribution in [3.8, 4) is 0 Å². The van der Waals surface area contributed by atoms with E-state index >= 15 is 0 Å². The predicted molar refractivity (Wildman–Crippen MR) is 109 cm³/mol. The van der Waals surface area contributed by atoms with Crippen LogP contribution in [0.3, 0.4) is 0 Å². The van der Waals surface area contributed by atoms with Gasteiger partial charge in [0, 0.05) is 12.7 Å². The third-order valence-electron chi connectivity index (χ3n) is 5.70. The molecule has 3 rings (SSSR count). The number of rotatable bonds is 6. The third kappa shape index (κ3) is 4.03. The molecule has 7 nitrogen and oxygen atoms in total. The largest absolute Gasteiger partial charge is 0.494 e. The van der Waals surface area contributed by atoms with Gasteiger partial charge in [0.15, 0.2) is 5.78 Å². The SMILES string of the molecule is CCOC(=O)C1=CC(NCOC)c2ccc(B3OC(C)(C)C(C)(C)O3)cc2C1=O. The lowest BCUT2D eigenvalue weighted by Crippen LogP contribution is -2.41. The van der Waals surface area contributed by atoms with Crippen LogP contribution in [0.1, 0.15) is 56.6 Å². The molecule has 1 unspecified atom stereocenters. The lowest BCUT2D eigenvalue weighted by atomic mass is 9.75. The maximum Gasteiger partial charge on any atom is 0.494 e. The monoisotopic (exact) mass is 401 g/mol. The van der Waals surface area contributed by atoms with Crippen molar-refractivity contribution in [3.63, 3.8) is 0 Å². The number of benzene rings is 1. The van der Waals surface area contributed by atoms with Crippen LogP contribution in [0.25, 0.3) is 0 Å². The number of ketones is 1. The molecule has 1 N–H and O–H groups in total. The normalized spacial score (nSPS) is 22.3. The minimum Gasteiger partial charge on any atom is -0.462 e. The Labute approximate surface area is 171 Å². The molecule has 2 aliphatic rings. The van der Waals surface area contributed by atoms with Crippen LogP contribution in [0.5, 0.6) is 0 Å². The van der Waals surface area contributed by atoms with E-state index in [4.69, 9.17) is 18.8 Å². The molecule has 1 saturated heterocycles. The number of hydrogen-bond acceptors (Lipinski definition) is 7.